The van der Waals surface area contributed by atoms with Crippen molar-refractivity contribution in [3.8, 4) is 0 Å². The molecule has 37 heavy (non-hydrogen) atoms. The number of anilines is 3. The Morgan fingerprint density at radius 1 is 1.08 bits per heavy atom. The lowest BCUT2D eigenvalue weighted by atomic mass is 10.1. The maximum Gasteiger partial charge on any atom is 0.251 e. The molecule has 1 unspecified atom stereocenters. The fraction of sp³-hybridized carbons (Fsp3) is 0.357. The molecule has 2 aliphatic heterocycles. The Bertz CT molecular complexity index is 1320. The minimum Gasteiger partial charge on any atom is -0.384 e. The Kier molecular flexibility index (Phi) is 7.05. The van der Waals surface area contributed by atoms with E-state index in [1.165, 1.54) is 0 Å². The molecule has 5 rings (SSSR count). The molecule has 3 amide bonds. The van der Waals surface area contributed by atoms with Crippen LogP contribution in [0.2, 0.25) is 0 Å². The lowest BCUT2D eigenvalue weighted by Gasteiger charge is -2.22. The van der Waals surface area contributed by atoms with E-state index in [0.29, 0.717) is 37.4 Å². The number of hydrogen-bond acceptors (Lipinski definition) is 6. The molecule has 1 atom stereocenters. The largest absolute Gasteiger partial charge is 0.384 e. The van der Waals surface area contributed by atoms with Crippen LogP contribution in [0.25, 0.3) is 10.9 Å². The molecule has 0 aliphatic carbocycles. The number of pyridine rings is 1. The summed E-state index contributed by atoms with van der Waals surface area (Å²) in [6.07, 6.45) is 2.67. The van der Waals surface area contributed by atoms with Gasteiger partial charge in [-0.2, -0.15) is 0 Å². The predicted molar refractivity (Wildman–Crippen MR) is 144 cm³/mol. The van der Waals surface area contributed by atoms with Crippen molar-refractivity contribution >= 4 is 45.8 Å². The van der Waals surface area contributed by atoms with Gasteiger partial charge in [0.25, 0.3) is 5.91 Å². The second-order valence-corrected chi connectivity index (χ2v) is 9.88. The van der Waals surface area contributed by atoms with Gasteiger partial charge in [0.1, 0.15) is 5.82 Å². The van der Waals surface area contributed by atoms with Crippen LogP contribution in [0.3, 0.4) is 0 Å². The molecule has 3 N–H and O–H groups in total. The summed E-state index contributed by atoms with van der Waals surface area (Å²) in [5, 5.41) is 3.81. The third kappa shape index (κ3) is 5.56. The molecule has 3 heterocycles. The molecule has 9 nitrogen and oxygen atoms in total. The normalized spacial score (nSPS) is 17.9. The van der Waals surface area contributed by atoms with Gasteiger partial charge in [-0.1, -0.05) is 0 Å². The van der Waals surface area contributed by atoms with Crippen molar-refractivity contribution < 1.29 is 14.4 Å². The highest BCUT2D eigenvalue weighted by Crippen LogP contribution is 2.27. The number of carbonyl (C=O) groups is 3. The number of nitrogen functional groups attached to an aromatic ring is 1. The molecule has 1 aromatic heterocycles. The molecule has 192 valence electrons. The van der Waals surface area contributed by atoms with Crippen molar-refractivity contribution in [1.82, 2.24) is 15.2 Å². The van der Waals surface area contributed by atoms with E-state index in [4.69, 9.17) is 5.73 Å². The summed E-state index contributed by atoms with van der Waals surface area (Å²) in [4.78, 5) is 47.9. The van der Waals surface area contributed by atoms with Crippen LogP contribution in [0, 0.1) is 5.92 Å². The first-order chi connectivity index (χ1) is 17.9. The van der Waals surface area contributed by atoms with Gasteiger partial charge in [0.2, 0.25) is 11.8 Å². The third-order valence-electron chi connectivity index (χ3n) is 7.21. The fourth-order valence-electron chi connectivity index (χ4n) is 5.03. The summed E-state index contributed by atoms with van der Waals surface area (Å²) in [5.74, 6) is 0.362. The van der Waals surface area contributed by atoms with Crippen LogP contribution in [-0.4, -0.2) is 67.4 Å². The predicted octanol–water partition coefficient (Wildman–Crippen LogP) is 2.66. The number of hydrogen-bond donors (Lipinski definition) is 2. The molecular formula is C28H32N6O3. The van der Waals surface area contributed by atoms with Gasteiger partial charge in [0.15, 0.2) is 0 Å². The van der Waals surface area contributed by atoms with Crippen molar-refractivity contribution in [3.05, 3.63) is 60.2 Å². The second-order valence-electron chi connectivity index (χ2n) is 9.88. The number of rotatable bonds is 7. The molecular weight excluding hydrogens is 468 g/mol. The van der Waals surface area contributed by atoms with Crippen molar-refractivity contribution in [1.29, 1.82) is 0 Å². The van der Waals surface area contributed by atoms with Gasteiger partial charge in [-0.25, -0.2) is 4.98 Å². The zero-order valence-corrected chi connectivity index (χ0v) is 21.0. The van der Waals surface area contributed by atoms with Crippen molar-refractivity contribution in [3.63, 3.8) is 0 Å². The van der Waals surface area contributed by atoms with E-state index < -0.39 is 0 Å². The fourth-order valence-corrected chi connectivity index (χ4v) is 5.03. The Hall–Kier alpha value is -3.98. The number of likely N-dealkylation sites (N-methyl/N-ethyl adjacent to an activating group) is 1. The molecule has 2 aliphatic rings. The lowest BCUT2D eigenvalue weighted by molar-refractivity contribution is -0.119. The highest BCUT2D eigenvalue weighted by atomic mass is 16.2. The molecule has 9 heteroatoms. The SMILES string of the molecule is CN(C(=O)CN1CCCC1)c1ccc(N2CC(CNC(=O)c3ccc4nc(N)ccc4c3)CC2=O)cc1. The number of aromatic nitrogens is 1. The van der Waals surface area contributed by atoms with Gasteiger partial charge in [-0.05, 0) is 80.5 Å². The molecule has 2 fully saturated rings. The van der Waals surface area contributed by atoms with Crippen LogP contribution in [0.4, 0.5) is 17.2 Å². The van der Waals surface area contributed by atoms with Crippen LogP contribution in [0.1, 0.15) is 29.6 Å². The Morgan fingerprint density at radius 2 is 1.84 bits per heavy atom. The van der Waals surface area contributed by atoms with Crippen molar-refractivity contribution in [2.24, 2.45) is 5.92 Å². The Balaban J connectivity index is 1.15. The van der Waals surface area contributed by atoms with E-state index in [2.05, 4.69) is 15.2 Å². The summed E-state index contributed by atoms with van der Waals surface area (Å²) < 4.78 is 0. The smallest absolute Gasteiger partial charge is 0.251 e. The summed E-state index contributed by atoms with van der Waals surface area (Å²) in [6, 6.07) is 16.4. The van der Waals surface area contributed by atoms with Gasteiger partial charge < -0.3 is 20.9 Å². The first-order valence-corrected chi connectivity index (χ1v) is 12.7. The minimum absolute atomic E-state index is 0.0164. The maximum absolute atomic E-state index is 12.7. The van der Waals surface area contributed by atoms with Crippen LogP contribution < -0.4 is 20.9 Å². The molecule has 3 aromatic rings. The number of likely N-dealkylation sites (tertiary alicyclic amines) is 1. The highest BCUT2D eigenvalue weighted by Gasteiger charge is 2.31. The zero-order valence-electron chi connectivity index (χ0n) is 21.0. The van der Waals surface area contributed by atoms with Crippen LogP contribution in [0.5, 0.6) is 0 Å². The van der Waals surface area contributed by atoms with Crippen LogP contribution in [0.15, 0.2) is 54.6 Å². The highest BCUT2D eigenvalue weighted by molar-refractivity contribution is 5.99. The van der Waals surface area contributed by atoms with E-state index in [0.717, 1.165) is 48.2 Å². The average Bonchev–Trinajstić information content (AvgIpc) is 3.55. The van der Waals surface area contributed by atoms with Gasteiger partial charge in [-0.3, -0.25) is 19.3 Å². The molecule has 0 saturated carbocycles. The van der Waals surface area contributed by atoms with Crippen LogP contribution in [-0.2, 0) is 9.59 Å². The second kappa shape index (κ2) is 10.6. The molecule has 2 aromatic carbocycles. The van der Waals surface area contributed by atoms with Crippen molar-refractivity contribution in [2.45, 2.75) is 19.3 Å². The summed E-state index contributed by atoms with van der Waals surface area (Å²) in [6.45, 7) is 3.33. The number of fused-ring (bicyclic) bond motifs is 1. The first kappa shape index (κ1) is 24.7. The van der Waals surface area contributed by atoms with E-state index in [1.54, 1.807) is 41.1 Å². The summed E-state index contributed by atoms with van der Waals surface area (Å²) in [7, 11) is 1.79. The van der Waals surface area contributed by atoms with Gasteiger partial charge in [0, 0.05) is 54.8 Å². The Morgan fingerprint density at radius 3 is 2.59 bits per heavy atom. The standard InChI is InChI=1S/C28H32N6O3/c1-32(27(36)18-33-12-2-3-13-33)22-6-8-23(9-7-22)34-17-19(14-26(34)35)16-30-28(37)21-4-10-24-20(15-21)5-11-25(29)31-24/h4-11,15,19H,2-3,12-14,16-18H2,1H3,(H2,29,31)(H,30,37). The molecule has 0 bridgehead atoms. The number of nitrogens with one attached hydrogen (secondary N) is 1. The number of nitrogens with zero attached hydrogens (tertiary/aromatic N) is 4. The van der Waals surface area contributed by atoms with E-state index in [1.807, 2.05) is 30.3 Å². The maximum atomic E-state index is 12.7. The minimum atomic E-state index is -0.185. The van der Waals surface area contributed by atoms with E-state index in [-0.39, 0.29) is 23.6 Å². The lowest BCUT2D eigenvalue weighted by Crippen LogP contribution is -2.37. The van der Waals surface area contributed by atoms with E-state index >= 15 is 0 Å². The number of benzene rings is 2. The average molecular weight is 501 g/mol. The third-order valence-corrected chi connectivity index (χ3v) is 7.21. The number of amides is 3. The monoisotopic (exact) mass is 500 g/mol. The van der Waals surface area contributed by atoms with Gasteiger partial charge in [-0.15, -0.1) is 0 Å². The Labute approximate surface area is 216 Å². The summed E-state index contributed by atoms with van der Waals surface area (Å²) >= 11 is 0. The molecule has 2 saturated heterocycles. The van der Waals surface area contributed by atoms with Gasteiger partial charge >= 0.3 is 0 Å². The number of nitrogens with two attached hydrogens (primary N) is 1. The topological polar surface area (TPSA) is 112 Å². The van der Waals surface area contributed by atoms with Gasteiger partial charge in [0.05, 0.1) is 12.1 Å². The van der Waals surface area contributed by atoms with Crippen molar-refractivity contribution in [2.75, 3.05) is 55.3 Å². The first-order valence-electron chi connectivity index (χ1n) is 12.7. The summed E-state index contributed by atoms with van der Waals surface area (Å²) in [5.41, 5.74) is 8.60. The number of carbonyl (C=O) groups excluding carboxylic acids is 3. The molecule has 0 radical (unpaired) electrons. The quantitative estimate of drug-likeness (QED) is 0.516. The van der Waals surface area contributed by atoms with Crippen LogP contribution >= 0.6 is 0 Å². The molecule has 0 spiro atoms. The zero-order chi connectivity index (χ0) is 25.9. The van der Waals surface area contributed by atoms with E-state index in [9.17, 15) is 14.4 Å².